The number of nitrogens with zero attached hydrogens (tertiary/aromatic N) is 1. The first-order valence-corrected chi connectivity index (χ1v) is 7.40. The number of halogens is 1. The maximum absolute atomic E-state index is 9.33. The van der Waals surface area contributed by atoms with Crippen LogP contribution >= 0.6 is 27.3 Å². The molecule has 19 heavy (non-hydrogen) atoms. The number of methoxy groups -OCH3 is 1. The van der Waals surface area contributed by atoms with Crippen molar-refractivity contribution in [1.82, 2.24) is 5.32 Å². The lowest BCUT2D eigenvalue weighted by Crippen LogP contribution is -2.19. The molecule has 0 saturated carbocycles. The van der Waals surface area contributed by atoms with Crippen molar-refractivity contribution >= 4 is 27.3 Å². The lowest BCUT2D eigenvalue weighted by atomic mass is 10.1. The van der Waals surface area contributed by atoms with Gasteiger partial charge < -0.3 is 4.74 Å². The minimum atomic E-state index is -0.369. The summed E-state index contributed by atoms with van der Waals surface area (Å²) in [7, 11) is 1.62. The highest BCUT2D eigenvalue weighted by atomic mass is 79.9. The second-order valence-corrected chi connectivity index (χ2v) is 5.80. The maximum atomic E-state index is 9.33. The number of hydrogen-bond acceptors (Lipinski definition) is 4. The number of nitrogens with one attached hydrogen (secondary N) is 1. The fourth-order valence-electron chi connectivity index (χ4n) is 1.71. The zero-order chi connectivity index (χ0) is 13.7. The molecular weight excluding hydrogens is 324 g/mol. The first-order chi connectivity index (χ1) is 9.24. The van der Waals surface area contributed by atoms with E-state index < -0.39 is 0 Å². The molecule has 0 fully saturated rings. The van der Waals surface area contributed by atoms with E-state index in [1.165, 1.54) is 4.88 Å². The van der Waals surface area contributed by atoms with Crippen molar-refractivity contribution in [1.29, 1.82) is 5.26 Å². The quantitative estimate of drug-likeness (QED) is 0.901. The summed E-state index contributed by atoms with van der Waals surface area (Å²) in [6, 6.07) is 11.6. The molecule has 0 bridgehead atoms. The molecule has 1 aromatic heterocycles. The first-order valence-electron chi connectivity index (χ1n) is 5.73. The fourth-order valence-corrected chi connectivity index (χ4v) is 2.84. The molecule has 0 aliphatic carbocycles. The molecule has 0 aliphatic heterocycles. The van der Waals surface area contributed by atoms with Crippen LogP contribution in [0.3, 0.4) is 0 Å². The van der Waals surface area contributed by atoms with Gasteiger partial charge in [-0.15, -0.1) is 11.3 Å². The summed E-state index contributed by atoms with van der Waals surface area (Å²) in [6.45, 7) is 0.680. The summed E-state index contributed by atoms with van der Waals surface area (Å²) in [4.78, 5) is 1.21. The van der Waals surface area contributed by atoms with Gasteiger partial charge in [-0.3, -0.25) is 5.32 Å². The molecule has 0 radical (unpaired) electrons. The van der Waals surface area contributed by atoms with Crippen LogP contribution in [0.1, 0.15) is 16.5 Å². The number of ether oxygens (including phenoxy) is 1. The molecule has 5 heteroatoms. The van der Waals surface area contributed by atoms with Gasteiger partial charge in [-0.1, -0.05) is 22.0 Å². The van der Waals surface area contributed by atoms with Crippen molar-refractivity contribution in [2.45, 2.75) is 12.6 Å². The van der Waals surface area contributed by atoms with Gasteiger partial charge in [-0.25, -0.2) is 0 Å². The molecule has 2 rings (SSSR count). The van der Waals surface area contributed by atoms with Gasteiger partial charge in [0.2, 0.25) is 0 Å². The van der Waals surface area contributed by atoms with Crippen LogP contribution < -0.4 is 10.1 Å². The molecule has 2 aromatic rings. The van der Waals surface area contributed by atoms with Gasteiger partial charge >= 0.3 is 0 Å². The van der Waals surface area contributed by atoms with Crippen LogP contribution in [0.2, 0.25) is 0 Å². The molecule has 1 atom stereocenters. The highest BCUT2D eigenvalue weighted by Gasteiger charge is 2.14. The standard InChI is InChI=1S/C14H13BrN2OS/c1-18-10-4-5-13(15)12(7-10)14(8-16)17-9-11-3-2-6-19-11/h2-7,14,17H,9H2,1H3. The summed E-state index contributed by atoms with van der Waals surface area (Å²) in [5, 5.41) is 14.6. The Hall–Kier alpha value is -1.35. The maximum Gasteiger partial charge on any atom is 0.122 e. The van der Waals surface area contributed by atoms with E-state index in [2.05, 4.69) is 27.3 Å². The molecule has 0 aliphatic rings. The van der Waals surface area contributed by atoms with Gasteiger partial charge in [0.25, 0.3) is 0 Å². The summed E-state index contributed by atoms with van der Waals surface area (Å²) in [5.41, 5.74) is 0.887. The lowest BCUT2D eigenvalue weighted by Gasteiger charge is -2.14. The largest absolute Gasteiger partial charge is 0.497 e. The average molecular weight is 337 g/mol. The van der Waals surface area contributed by atoms with Crippen molar-refractivity contribution in [2.24, 2.45) is 0 Å². The average Bonchev–Trinajstić information content (AvgIpc) is 2.94. The fraction of sp³-hybridized carbons (Fsp3) is 0.214. The molecule has 0 spiro atoms. The second-order valence-electron chi connectivity index (χ2n) is 3.91. The van der Waals surface area contributed by atoms with Gasteiger partial charge in [0.05, 0.1) is 13.2 Å². The summed E-state index contributed by atoms with van der Waals surface area (Å²) in [6.07, 6.45) is 0. The number of rotatable bonds is 5. The van der Waals surface area contributed by atoms with E-state index in [4.69, 9.17) is 4.74 Å². The van der Waals surface area contributed by atoms with Gasteiger partial charge in [0, 0.05) is 21.5 Å². The van der Waals surface area contributed by atoms with Crippen molar-refractivity contribution in [2.75, 3.05) is 7.11 Å². The molecule has 1 aromatic carbocycles. The van der Waals surface area contributed by atoms with Crippen molar-refractivity contribution in [3.8, 4) is 11.8 Å². The van der Waals surface area contributed by atoms with E-state index in [9.17, 15) is 5.26 Å². The number of nitriles is 1. The van der Waals surface area contributed by atoms with Crippen LogP contribution in [-0.2, 0) is 6.54 Å². The second kappa shape index (κ2) is 6.71. The zero-order valence-electron chi connectivity index (χ0n) is 10.4. The number of benzene rings is 1. The Balaban J connectivity index is 2.15. The summed E-state index contributed by atoms with van der Waals surface area (Å²) < 4.78 is 6.10. The van der Waals surface area contributed by atoms with Crippen LogP contribution in [0, 0.1) is 11.3 Å². The highest BCUT2D eigenvalue weighted by molar-refractivity contribution is 9.10. The minimum absolute atomic E-state index is 0.369. The van der Waals surface area contributed by atoms with Crippen molar-refractivity contribution in [3.05, 3.63) is 50.6 Å². The third kappa shape index (κ3) is 3.57. The summed E-state index contributed by atoms with van der Waals surface area (Å²) in [5.74, 6) is 0.747. The molecule has 3 nitrogen and oxygen atoms in total. The van der Waals surface area contributed by atoms with Crippen LogP contribution in [0.15, 0.2) is 40.2 Å². The Bertz CT molecular complexity index is 578. The topological polar surface area (TPSA) is 45.0 Å². The number of hydrogen-bond donors (Lipinski definition) is 1. The molecule has 1 heterocycles. The van der Waals surface area contributed by atoms with Crippen LogP contribution in [-0.4, -0.2) is 7.11 Å². The summed E-state index contributed by atoms with van der Waals surface area (Å²) >= 11 is 5.15. The highest BCUT2D eigenvalue weighted by Crippen LogP contribution is 2.28. The lowest BCUT2D eigenvalue weighted by molar-refractivity contribution is 0.413. The van der Waals surface area contributed by atoms with E-state index in [1.807, 2.05) is 35.7 Å². The van der Waals surface area contributed by atoms with Gasteiger partial charge in [-0.05, 0) is 29.6 Å². The molecular formula is C14H13BrN2OS. The Labute approximate surface area is 125 Å². The predicted octanol–water partition coefficient (Wildman–Crippen LogP) is 3.87. The normalized spacial score (nSPS) is 11.8. The van der Waals surface area contributed by atoms with E-state index >= 15 is 0 Å². The molecule has 0 amide bonds. The molecule has 1 N–H and O–H groups in total. The van der Waals surface area contributed by atoms with Crippen LogP contribution in [0.25, 0.3) is 0 Å². The third-order valence-corrected chi connectivity index (χ3v) is 4.30. The number of thiophene rings is 1. The third-order valence-electron chi connectivity index (χ3n) is 2.70. The van der Waals surface area contributed by atoms with Gasteiger partial charge in [0.15, 0.2) is 0 Å². The Morgan fingerprint density at radius 1 is 1.47 bits per heavy atom. The van der Waals surface area contributed by atoms with E-state index in [1.54, 1.807) is 18.4 Å². The Kier molecular flexibility index (Phi) is 4.97. The van der Waals surface area contributed by atoms with Crippen molar-refractivity contribution < 1.29 is 4.74 Å². The Morgan fingerprint density at radius 3 is 2.95 bits per heavy atom. The minimum Gasteiger partial charge on any atom is -0.497 e. The SMILES string of the molecule is COc1ccc(Br)c(C(C#N)NCc2cccs2)c1. The van der Waals surface area contributed by atoms with Crippen LogP contribution in [0.5, 0.6) is 5.75 Å². The van der Waals surface area contributed by atoms with E-state index in [0.29, 0.717) is 6.54 Å². The first kappa shape index (κ1) is 14.1. The monoisotopic (exact) mass is 336 g/mol. The molecule has 1 unspecified atom stereocenters. The molecule has 0 saturated heterocycles. The Morgan fingerprint density at radius 2 is 2.32 bits per heavy atom. The smallest absolute Gasteiger partial charge is 0.122 e. The predicted molar refractivity (Wildman–Crippen MR) is 80.2 cm³/mol. The zero-order valence-corrected chi connectivity index (χ0v) is 12.8. The van der Waals surface area contributed by atoms with Gasteiger partial charge in [0.1, 0.15) is 11.8 Å². The van der Waals surface area contributed by atoms with Crippen molar-refractivity contribution in [3.63, 3.8) is 0 Å². The van der Waals surface area contributed by atoms with Gasteiger partial charge in [-0.2, -0.15) is 5.26 Å². The van der Waals surface area contributed by atoms with Crippen LogP contribution in [0.4, 0.5) is 0 Å². The van der Waals surface area contributed by atoms with E-state index in [0.717, 1.165) is 15.8 Å². The van der Waals surface area contributed by atoms with E-state index in [-0.39, 0.29) is 6.04 Å². The molecule has 98 valence electrons.